The number of alkyl halides is 5. The highest BCUT2D eigenvalue weighted by Gasteiger charge is 2.46. The fourth-order valence-electron chi connectivity index (χ4n) is 5.08. The number of methoxy groups -OCH3 is 1. The van der Waals surface area contributed by atoms with Crippen LogP contribution in [0.4, 0.5) is 26.7 Å². The van der Waals surface area contributed by atoms with Gasteiger partial charge in [-0.2, -0.15) is 22.0 Å². The number of amides is 4. The average molecular weight is 797 g/mol. The monoisotopic (exact) mass is 796 g/mol. The molecule has 0 aliphatic rings. The van der Waals surface area contributed by atoms with Crippen molar-refractivity contribution in [3.05, 3.63) is 100 Å². The summed E-state index contributed by atoms with van der Waals surface area (Å²) >= 11 is 5.88. The zero-order chi connectivity index (χ0) is 41.3. The van der Waals surface area contributed by atoms with Crippen molar-refractivity contribution in [2.24, 2.45) is 5.92 Å². The summed E-state index contributed by atoms with van der Waals surface area (Å²) in [6.45, 7) is 7.69. The summed E-state index contributed by atoms with van der Waals surface area (Å²) in [7, 11) is 1.35. The van der Waals surface area contributed by atoms with Crippen molar-refractivity contribution in [1.29, 1.82) is 0 Å². The van der Waals surface area contributed by atoms with E-state index in [-0.39, 0.29) is 17.1 Å². The molecule has 0 heterocycles. The SMILES string of the molecule is COc1ccc(C(NC(=O)C(Cc2ccc(CNC(=O)OC(C)(C)C)cc2)NC(=O)C(F)(F)c2cccc(Cl)c2)C(=O)NC(C(=O)C(F)(F)F)C(C)C)cc1. The van der Waals surface area contributed by atoms with Crippen molar-refractivity contribution < 1.29 is 55.4 Å². The fourth-order valence-corrected chi connectivity index (χ4v) is 5.27. The molecule has 3 aromatic rings. The lowest BCUT2D eigenvalue weighted by Gasteiger charge is -2.28. The Labute approximate surface area is 319 Å². The van der Waals surface area contributed by atoms with Crippen LogP contribution in [0.2, 0.25) is 5.02 Å². The molecule has 0 spiro atoms. The smallest absolute Gasteiger partial charge is 0.452 e. The third-order valence-corrected chi connectivity index (χ3v) is 8.15. The largest absolute Gasteiger partial charge is 0.497 e. The summed E-state index contributed by atoms with van der Waals surface area (Å²) in [5.74, 6) is -11.4. The molecule has 11 nitrogen and oxygen atoms in total. The van der Waals surface area contributed by atoms with Crippen LogP contribution in [0.1, 0.15) is 62.9 Å². The van der Waals surface area contributed by atoms with Gasteiger partial charge < -0.3 is 30.7 Å². The number of carbonyl (C=O) groups excluding carboxylic acids is 5. The van der Waals surface area contributed by atoms with Crippen LogP contribution in [0.25, 0.3) is 0 Å². The highest BCUT2D eigenvalue weighted by Crippen LogP contribution is 2.30. The molecule has 3 unspecified atom stereocenters. The normalized spacial score (nSPS) is 13.5. The molecule has 298 valence electrons. The first-order valence-corrected chi connectivity index (χ1v) is 17.2. The minimum atomic E-state index is -5.30. The van der Waals surface area contributed by atoms with E-state index in [1.54, 1.807) is 32.9 Å². The lowest BCUT2D eigenvalue weighted by molar-refractivity contribution is -0.175. The standard InChI is InChI=1S/C38H42ClF5N4O7/c1-21(2)29(31(49)38(42,43)44)47-33(51)30(24-14-16-27(54-6)17-15-24)48-32(50)28(46-34(52)37(40,41)25-8-7-9-26(39)19-25)18-22-10-12-23(13-11-22)20-45-35(53)55-36(3,4)5/h7-17,19,21,28-30H,18,20H2,1-6H3,(H,45,53)(H,46,52)(H,47,51)(H,48,50). The van der Waals surface area contributed by atoms with Crippen LogP contribution in [0.5, 0.6) is 5.75 Å². The van der Waals surface area contributed by atoms with Gasteiger partial charge in [-0.1, -0.05) is 74.0 Å². The number of hydrogen-bond donors (Lipinski definition) is 4. The van der Waals surface area contributed by atoms with Crippen molar-refractivity contribution in [3.8, 4) is 5.75 Å². The summed E-state index contributed by atoms with van der Waals surface area (Å²) < 4.78 is 81.6. The van der Waals surface area contributed by atoms with Crippen LogP contribution in [0.15, 0.2) is 72.8 Å². The summed E-state index contributed by atoms with van der Waals surface area (Å²) in [5.41, 5.74) is -0.556. The number of carbonyl (C=O) groups is 5. The van der Waals surface area contributed by atoms with Crippen molar-refractivity contribution in [1.82, 2.24) is 21.3 Å². The van der Waals surface area contributed by atoms with Gasteiger partial charge >= 0.3 is 18.2 Å². The van der Waals surface area contributed by atoms with Gasteiger partial charge in [0.25, 0.3) is 11.7 Å². The van der Waals surface area contributed by atoms with Gasteiger partial charge in [0.05, 0.1) is 13.2 Å². The molecule has 0 bridgehead atoms. The van der Waals surface area contributed by atoms with Gasteiger partial charge in [-0.3, -0.25) is 19.2 Å². The number of ketones is 1. The quantitative estimate of drug-likeness (QED) is 0.131. The summed E-state index contributed by atoms with van der Waals surface area (Å²) in [6, 6.07) is 10.3. The van der Waals surface area contributed by atoms with Crippen LogP contribution in [0.3, 0.4) is 0 Å². The van der Waals surface area contributed by atoms with Crippen LogP contribution in [0, 0.1) is 5.92 Å². The highest BCUT2D eigenvalue weighted by molar-refractivity contribution is 6.30. The first-order chi connectivity index (χ1) is 25.5. The zero-order valence-electron chi connectivity index (χ0n) is 30.8. The average Bonchev–Trinajstić information content (AvgIpc) is 3.10. The third kappa shape index (κ3) is 12.9. The molecule has 17 heteroatoms. The van der Waals surface area contributed by atoms with Gasteiger partial charge in [-0.05, 0) is 67.6 Å². The number of benzene rings is 3. The lowest BCUT2D eigenvalue weighted by Crippen LogP contribution is -2.56. The van der Waals surface area contributed by atoms with E-state index >= 15 is 8.78 Å². The molecule has 0 aliphatic carbocycles. The van der Waals surface area contributed by atoms with E-state index in [2.05, 4.69) is 16.0 Å². The summed E-state index contributed by atoms with van der Waals surface area (Å²) in [6.07, 6.45) is -6.39. The molecule has 3 aromatic carbocycles. The van der Waals surface area contributed by atoms with Crippen LogP contribution >= 0.6 is 11.6 Å². The minimum Gasteiger partial charge on any atom is -0.497 e. The van der Waals surface area contributed by atoms with Crippen molar-refractivity contribution in [3.63, 3.8) is 0 Å². The Morgan fingerprint density at radius 3 is 1.91 bits per heavy atom. The highest BCUT2D eigenvalue weighted by atomic mass is 35.5. The van der Waals surface area contributed by atoms with Crippen LogP contribution < -0.4 is 26.0 Å². The van der Waals surface area contributed by atoms with E-state index in [1.165, 1.54) is 69.5 Å². The van der Waals surface area contributed by atoms with E-state index in [1.807, 2.05) is 5.32 Å². The molecule has 3 atom stereocenters. The van der Waals surface area contributed by atoms with E-state index in [0.717, 1.165) is 12.1 Å². The second-order valence-electron chi connectivity index (χ2n) is 13.8. The van der Waals surface area contributed by atoms with Gasteiger partial charge in [0, 0.05) is 23.6 Å². The molecule has 4 amide bonds. The van der Waals surface area contributed by atoms with Gasteiger partial charge in [0.1, 0.15) is 23.4 Å². The van der Waals surface area contributed by atoms with Crippen molar-refractivity contribution in [2.45, 2.75) is 83.4 Å². The maximum atomic E-state index is 15.5. The predicted molar refractivity (Wildman–Crippen MR) is 192 cm³/mol. The Morgan fingerprint density at radius 1 is 0.782 bits per heavy atom. The Kier molecular flexibility index (Phi) is 14.8. The van der Waals surface area contributed by atoms with Crippen LogP contribution in [-0.4, -0.2) is 60.6 Å². The molecular weight excluding hydrogens is 755 g/mol. The molecule has 3 rings (SSSR count). The topological polar surface area (TPSA) is 152 Å². The second kappa shape index (κ2) is 18.4. The van der Waals surface area contributed by atoms with Gasteiger partial charge in [0.15, 0.2) is 0 Å². The number of Topliss-reactive ketones (excluding diaryl/α,β-unsaturated/α-hetero) is 1. The molecule has 0 radical (unpaired) electrons. The Morgan fingerprint density at radius 2 is 1.38 bits per heavy atom. The summed E-state index contributed by atoms with van der Waals surface area (Å²) in [5, 5.41) is 8.95. The lowest BCUT2D eigenvalue weighted by atomic mass is 9.97. The maximum absolute atomic E-state index is 15.5. The second-order valence-corrected chi connectivity index (χ2v) is 14.2. The number of halogens is 6. The minimum absolute atomic E-state index is 0.0183. The van der Waals surface area contributed by atoms with Crippen LogP contribution in [-0.2, 0) is 42.8 Å². The van der Waals surface area contributed by atoms with E-state index in [4.69, 9.17) is 21.1 Å². The van der Waals surface area contributed by atoms with Crippen molar-refractivity contribution in [2.75, 3.05) is 7.11 Å². The number of alkyl carbamates (subject to hydrolysis) is 1. The maximum Gasteiger partial charge on any atom is 0.452 e. The van der Waals surface area contributed by atoms with Crippen molar-refractivity contribution >= 4 is 41.2 Å². The third-order valence-electron chi connectivity index (χ3n) is 7.92. The molecule has 0 aliphatic heterocycles. The Bertz CT molecular complexity index is 1830. The first-order valence-electron chi connectivity index (χ1n) is 16.9. The molecular formula is C38H42ClF5N4O7. The van der Waals surface area contributed by atoms with Gasteiger partial charge in [0.2, 0.25) is 11.8 Å². The molecule has 0 saturated heterocycles. The fraction of sp³-hybridized carbons (Fsp3) is 0.395. The summed E-state index contributed by atoms with van der Waals surface area (Å²) in [4.78, 5) is 65.1. The van der Waals surface area contributed by atoms with E-state index < -0.39 is 83.3 Å². The number of rotatable bonds is 15. The Hall–Kier alpha value is -5.25. The molecule has 0 aromatic heterocycles. The number of ether oxygens (including phenoxy) is 2. The predicted octanol–water partition coefficient (Wildman–Crippen LogP) is 6.32. The van der Waals surface area contributed by atoms with Gasteiger partial charge in [-0.15, -0.1) is 0 Å². The van der Waals surface area contributed by atoms with E-state index in [9.17, 15) is 37.1 Å². The van der Waals surface area contributed by atoms with Gasteiger partial charge in [-0.25, -0.2) is 4.79 Å². The molecule has 55 heavy (non-hydrogen) atoms. The Balaban J connectivity index is 1.98. The first kappa shape index (κ1) is 44.1. The molecule has 4 N–H and O–H groups in total. The molecule has 0 saturated carbocycles. The van der Waals surface area contributed by atoms with E-state index in [0.29, 0.717) is 16.9 Å². The zero-order valence-corrected chi connectivity index (χ0v) is 31.5. The number of hydrogen-bond acceptors (Lipinski definition) is 7. The molecule has 0 fully saturated rings. The number of nitrogens with one attached hydrogen (secondary N) is 4.